The van der Waals surface area contributed by atoms with Gasteiger partial charge in [0.25, 0.3) is 5.91 Å². The molecule has 1 amide bonds. The molecule has 1 aliphatic rings. The number of rotatable bonds is 1. The summed E-state index contributed by atoms with van der Waals surface area (Å²) in [6.07, 6.45) is 0. The Kier molecular flexibility index (Phi) is 2.39. The molecule has 3 nitrogen and oxygen atoms in total. The van der Waals surface area contributed by atoms with E-state index in [0.717, 1.165) is 17.0 Å². The lowest BCUT2D eigenvalue weighted by Crippen LogP contribution is -2.26. The summed E-state index contributed by atoms with van der Waals surface area (Å²) in [7, 11) is 0. The molecule has 0 aromatic heterocycles. The van der Waals surface area contributed by atoms with Crippen molar-refractivity contribution in [2.75, 3.05) is 11.9 Å². The van der Waals surface area contributed by atoms with Crippen LogP contribution in [0.25, 0.3) is 0 Å². The largest absolute Gasteiger partial charge is 0.482 e. The molecule has 0 saturated heterocycles. The van der Waals surface area contributed by atoms with Gasteiger partial charge >= 0.3 is 0 Å². The highest BCUT2D eigenvalue weighted by Crippen LogP contribution is 2.35. The Balaban J connectivity index is 2.51. The molecule has 0 fully saturated rings. The summed E-state index contributed by atoms with van der Waals surface area (Å²) >= 11 is 0. The Labute approximate surface area is 89.4 Å². The zero-order valence-electron chi connectivity index (χ0n) is 9.26. The van der Waals surface area contributed by atoms with Gasteiger partial charge in [-0.1, -0.05) is 19.9 Å². The monoisotopic (exact) mass is 205 g/mol. The van der Waals surface area contributed by atoms with Gasteiger partial charge < -0.3 is 10.1 Å². The van der Waals surface area contributed by atoms with Crippen LogP contribution in [0.2, 0.25) is 0 Å². The van der Waals surface area contributed by atoms with Crippen molar-refractivity contribution in [3.63, 3.8) is 0 Å². The smallest absolute Gasteiger partial charge is 0.262 e. The van der Waals surface area contributed by atoms with E-state index in [1.165, 1.54) is 5.56 Å². The Hall–Kier alpha value is -1.51. The fraction of sp³-hybridized carbons (Fsp3) is 0.417. The summed E-state index contributed by atoms with van der Waals surface area (Å²) in [4.78, 5) is 11.2. The minimum atomic E-state index is -0.0773. The van der Waals surface area contributed by atoms with Crippen molar-refractivity contribution in [2.24, 2.45) is 0 Å². The Morgan fingerprint density at radius 1 is 1.40 bits per heavy atom. The summed E-state index contributed by atoms with van der Waals surface area (Å²) < 4.78 is 5.34. The van der Waals surface area contributed by atoms with Gasteiger partial charge in [0.1, 0.15) is 5.75 Å². The molecule has 0 saturated carbocycles. The minimum Gasteiger partial charge on any atom is -0.482 e. The highest BCUT2D eigenvalue weighted by Gasteiger charge is 2.19. The van der Waals surface area contributed by atoms with Crippen molar-refractivity contribution in [1.82, 2.24) is 0 Å². The number of anilines is 1. The van der Waals surface area contributed by atoms with Crippen molar-refractivity contribution in [3.8, 4) is 5.75 Å². The first-order valence-electron chi connectivity index (χ1n) is 5.15. The molecule has 1 heterocycles. The molecule has 0 radical (unpaired) electrons. The predicted molar refractivity (Wildman–Crippen MR) is 59.4 cm³/mol. The molecule has 15 heavy (non-hydrogen) atoms. The van der Waals surface area contributed by atoms with E-state index in [-0.39, 0.29) is 12.5 Å². The molecule has 0 atom stereocenters. The average Bonchev–Trinajstić information content (AvgIpc) is 2.19. The summed E-state index contributed by atoms with van der Waals surface area (Å²) in [5.41, 5.74) is 3.19. The zero-order chi connectivity index (χ0) is 11.0. The fourth-order valence-electron chi connectivity index (χ4n) is 1.92. The number of fused-ring (bicyclic) bond motifs is 1. The average molecular weight is 205 g/mol. The maximum absolute atomic E-state index is 11.2. The van der Waals surface area contributed by atoms with Gasteiger partial charge in [-0.3, -0.25) is 4.79 Å². The molecule has 0 unspecified atom stereocenters. The van der Waals surface area contributed by atoms with Crippen LogP contribution in [0, 0.1) is 6.92 Å². The normalized spacial score (nSPS) is 14.5. The maximum Gasteiger partial charge on any atom is 0.262 e. The lowest BCUT2D eigenvalue weighted by Gasteiger charge is -2.22. The third kappa shape index (κ3) is 1.69. The van der Waals surface area contributed by atoms with Crippen LogP contribution in [0.1, 0.15) is 30.9 Å². The van der Waals surface area contributed by atoms with E-state index < -0.39 is 0 Å². The van der Waals surface area contributed by atoms with Crippen LogP contribution < -0.4 is 10.1 Å². The number of hydrogen-bond acceptors (Lipinski definition) is 2. The molecular weight excluding hydrogens is 190 g/mol. The van der Waals surface area contributed by atoms with Crippen LogP contribution >= 0.6 is 0 Å². The van der Waals surface area contributed by atoms with Crippen molar-refractivity contribution < 1.29 is 9.53 Å². The molecule has 3 heteroatoms. The Morgan fingerprint density at radius 3 is 2.80 bits per heavy atom. The molecule has 0 spiro atoms. The van der Waals surface area contributed by atoms with Gasteiger partial charge in [-0.2, -0.15) is 0 Å². The predicted octanol–water partition coefficient (Wildman–Crippen LogP) is 2.45. The van der Waals surface area contributed by atoms with Crippen molar-refractivity contribution >= 4 is 11.6 Å². The number of hydrogen-bond donors (Lipinski definition) is 1. The lowest BCUT2D eigenvalue weighted by molar-refractivity contribution is -0.118. The van der Waals surface area contributed by atoms with Gasteiger partial charge in [-0.15, -0.1) is 0 Å². The second-order valence-electron chi connectivity index (χ2n) is 4.14. The SMILES string of the molecule is Cc1c(C(C)C)ccc2c1NC(=O)CO2. The quantitative estimate of drug-likeness (QED) is 0.764. The topological polar surface area (TPSA) is 38.3 Å². The Morgan fingerprint density at radius 2 is 2.13 bits per heavy atom. The van der Waals surface area contributed by atoms with Crippen molar-refractivity contribution in [2.45, 2.75) is 26.7 Å². The van der Waals surface area contributed by atoms with E-state index in [4.69, 9.17) is 4.74 Å². The molecule has 1 N–H and O–H groups in total. The standard InChI is InChI=1S/C12H15NO2/c1-7(2)9-4-5-10-12(8(9)3)13-11(14)6-15-10/h4-5,7H,6H2,1-3H3,(H,13,14). The molecule has 0 aliphatic carbocycles. The van der Waals surface area contributed by atoms with Gasteiger partial charge in [0, 0.05) is 0 Å². The van der Waals surface area contributed by atoms with Crippen molar-refractivity contribution in [1.29, 1.82) is 0 Å². The van der Waals surface area contributed by atoms with E-state index in [1.807, 2.05) is 13.0 Å². The number of nitrogens with one attached hydrogen (secondary N) is 1. The van der Waals surface area contributed by atoms with Crippen molar-refractivity contribution in [3.05, 3.63) is 23.3 Å². The second-order valence-corrected chi connectivity index (χ2v) is 4.14. The molecule has 0 bridgehead atoms. The fourth-order valence-corrected chi connectivity index (χ4v) is 1.92. The molecule has 2 rings (SSSR count). The summed E-state index contributed by atoms with van der Waals surface area (Å²) in [5, 5.41) is 2.86. The highest BCUT2D eigenvalue weighted by atomic mass is 16.5. The molecule has 1 aliphatic heterocycles. The third-order valence-corrected chi connectivity index (χ3v) is 2.71. The number of benzene rings is 1. The highest BCUT2D eigenvalue weighted by molar-refractivity contribution is 5.96. The minimum absolute atomic E-state index is 0.0773. The van der Waals surface area contributed by atoms with Gasteiger partial charge in [-0.25, -0.2) is 0 Å². The summed E-state index contributed by atoms with van der Waals surface area (Å²) in [6, 6.07) is 3.99. The van der Waals surface area contributed by atoms with Crippen LogP contribution in [-0.4, -0.2) is 12.5 Å². The first-order valence-corrected chi connectivity index (χ1v) is 5.15. The number of carbonyl (C=O) groups excluding carboxylic acids is 1. The van der Waals surface area contributed by atoms with Crippen LogP contribution in [0.4, 0.5) is 5.69 Å². The first-order chi connectivity index (χ1) is 7.09. The first kappa shape index (κ1) is 10.0. The van der Waals surface area contributed by atoms with E-state index >= 15 is 0 Å². The number of ether oxygens (including phenoxy) is 1. The van der Waals surface area contributed by atoms with Crippen LogP contribution in [0.15, 0.2) is 12.1 Å². The van der Waals surface area contributed by atoms with E-state index in [9.17, 15) is 4.79 Å². The van der Waals surface area contributed by atoms with E-state index in [1.54, 1.807) is 0 Å². The van der Waals surface area contributed by atoms with Gasteiger partial charge in [0.2, 0.25) is 0 Å². The van der Waals surface area contributed by atoms with E-state index in [0.29, 0.717) is 5.92 Å². The number of carbonyl (C=O) groups is 1. The van der Waals surface area contributed by atoms with Gasteiger partial charge in [0.15, 0.2) is 6.61 Å². The molecule has 80 valence electrons. The van der Waals surface area contributed by atoms with Gasteiger partial charge in [0.05, 0.1) is 5.69 Å². The Bertz CT molecular complexity index is 410. The van der Waals surface area contributed by atoms with Gasteiger partial charge in [-0.05, 0) is 30.0 Å². The lowest BCUT2D eigenvalue weighted by atomic mass is 9.96. The third-order valence-electron chi connectivity index (χ3n) is 2.71. The summed E-state index contributed by atoms with van der Waals surface area (Å²) in [6.45, 7) is 6.41. The van der Waals surface area contributed by atoms with Crippen LogP contribution in [-0.2, 0) is 4.79 Å². The van der Waals surface area contributed by atoms with Crippen LogP contribution in [0.3, 0.4) is 0 Å². The molecule has 1 aromatic carbocycles. The maximum atomic E-state index is 11.2. The summed E-state index contributed by atoms with van der Waals surface area (Å²) in [5.74, 6) is 1.15. The second kappa shape index (κ2) is 3.57. The van der Waals surface area contributed by atoms with Crippen LogP contribution in [0.5, 0.6) is 5.75 Å². The molecule has 1 aromatic rings. The molecular formula is C12H15NO2. The zero-order valence-corrected chi connectivity index (χ0v) is 9.26. The number of amides is 1. The van der Waals surface area contributed by atoms with E-state index in [2.05, 4.69) is 25.2 Å².